The summed E-state index contributed by atoms with van der Waals surface area (Å²) in [6, 6.07) is 4.84. The van der Waals surface area contributed by atoms with E-state index in [1.54, 1.807) is 39.0 Å². The van der Waals surface area contributed by atoms with Gasteiger partial charge in [0.05, 0.1) is 12.7 Å². The molecule has 0 atom stereocenters. The van der Waals surface area contributed by atoms with Crippen LogP contribution in [0.5, 0.6) is 5.75 Å². The van der Waals surface area contributed by atoms with Crippen molar-refractivity contribution in [3.05, 3.63) is 23.8 Å². The van der Waals surface area contributed by atoms with Crippen molar-refractivity contribution in [2.75, 3.05) is 12.4 Å². The molecule has 104 valence electrons. The fraction of sp³-hybridized carbons (Fsp3) is 0.429. The maximum absolute atomic E-state index is 11.6. The Morgan fingerprint density at radius 2 is 1.84 bits per heavy atom. The summed E-state index contributed by atoms with van der Waals surface area (Å²) < 4.78 is 10.2. The lowest BCUT2D eigenvalue weighted by Gasteiger charge is -2.20. The topological polar surface area (TPSA) is 64.6 Å². The van der Waals surface area contributed by atoms with Gasteiger partial charge in [0.2, 0.25) is 0 Å². The Labute approximate surface area is 112 Å². The second kappa shape index (κ2) is 5.73. The minimum absolute atomic E-state index is 0.135. The number of amides is 1. The SMILES string of the molecule is COc1ccc(NC(=O)OC(C)(C)C)cc1C(C)=O. The normalized spacial score (nSPS) is 10.8. The third kappa shape index (κ3) is 4.62. The molecular weight excluding hydrogens is 246 g/mol. The third-order valence-corrected chi connectivity index (χ3v) is 2.22. The van der Waals surface area contributed by atoms with E-state index in [0.29, 0.717) is 17.0 Å². The van der Waals surface area contributed by atoms with Gasteiger partial charge >= 0.3 is 6.09 Å². The first-order valence-corrected chi connectivity index (χ1v) is 5.92. The van der Waals surface area contributed by atoms with Crippen LogP contribution in [0.15, 0.2) is 18.2 Å². The zero-order valence-corrected chi connectivity index (χ0v) is 11.9. The number of ether oxygens (including phenoxy) is 2. The highest BCUT2D eigenvalue weighted by atomic mass is 16.6. The van der Waals surface area contributed by atoms with E-state index in [1.165, 1.54) is 14.0 Å². The average Bonchev–Trinajstić information content (AvgIpc) is 2.26. The highest BCUT2D eigenvalue weighted by Gasteiger charge is 2.17. The van der Waals surface area contributed by atoms with E-state index in [1.807, 2.05) is 0 Å². The molecule has 1 aromatic rings. The van der Waals surface area contributed by atoms with Gasteiger partial charge in [-0.25, -0.2) is 4.79 Å². The van der Waals surface area contributed by atoms with Gasteiger partial charge < -0.3 is 9.47 Å². The molecule has 0 aliphatic heterocycles. The molecular formula is C14H19NO4. The molecule has 0 radical (unpaired) electrons. The largest absolute Gasteiger partial charge is 0.496 e. The third-order valence-electron chi connectivity index (χ3n) is 2.22. The summed E-state index contributed by atoms with van der Waals surface area (Å²) in [6.45, 7) is 6.78. The van der Waals surface area contributed by atoms with E-state index in [4.69, 9.17) is 9.47 Å². The monoisotopic (exact) mass is 265 g/mol. The van der Waals surface area contributed by atoms with E-state index in [0.717, 1.165) is 0 Å². The van der Waals surface area contributed by atoms with E-state index in [9.17, 15) is 9.59 Å². The number of Topliss-reactive ketones (excluding diaryl/α,β-unsaturated/α-hetero) is 1. The van der Waals surface area contributed by atoms with Crippen molar-refractivity contribution >= 4 is 17.6 Å². The van der Waals surface area contributed by atoms with E-state index in [2.05, 4.69) is 5.32 Å². The van der Waals surface area contributed by atoms with Gasteiger partial charge in [0.25, 0.3) is 0 Å². The lowest BCUT2D eigenvalue weighted by atomic mass is 10.1. The number of hydrogen-bond acceptors (Lipinski definition) is 4. The van der Waals surface area contributed by atoms with Crippen LogP contribution in [-0.2, 0) is 4.74 Å². The Morgan fingerprint density at radius 1 is 1.21 bits per heavy atom. The molecule has 1 rings (SSSR count). The molecule has 19 heavy (non-hydrogen) atoms. The molecule has 0 bridgehead atoms. The van der Waals surface area contributed by atoms with Gasteiger partial charge in [-0.15, -0.1) is 0 Å². The highest BCUT2D eigenvalue weighted by Crippen LogP contribution is 2.23. The quantitative estimate of drug-likeness (QED) is 0.852. The predicted octanol–water partition coefficient (Wildman–Crippen LogP) is 3.24. The zero-order chi connectivity index (χ0) is 14.6. The predicted molar refractivity (Wildman–Crippen MR) is 72.9 cm³/mol. The molecule has 0 aromatic heterocycles. The smallest absolute Gasteiger partial charge is 0.412 e. The lowest BCUT2D eigenvalue weighted by Crippen LogP contribution is -2.27. The van der Waals surface area contributed by atoms with Crippen LogP contribution >= 0.6 is 0 Å². The molecule has 0 spiro atoms. The Balaban J connectivity index is 2.88. The van der Waals surface area contributed by atoms with E-state index < -0.39 is 11.7 Å². The second-order valence-electron chi connectivity index (χ2n) is 5.10. The van der Waals surface area contributed by atoms with E-state index >= 15 is 0 Å². The number of methoxy groups -OCH3 is 1. The summed E-state index contributed by atoms with van der Waals surface area (Å²) in [6.07, 6.45) is -0.563. The van der Waals surface area contributed by atoms with E-state index in [-0.39, 0.29) is 5.78 Å². The Morgan fingerprint density at radius 3 is 2.32 bits per heavy atom. The summed E-state index contributed by atoms with van der Waals surface area (Å²) in [4.78, 5) is 23.1. The number of rotatable bonds is 3. The van der Waals surface area contributed by atoms with Gasteiger partial charge in [-0.05, 0) is 45.9 Å². The molecule has 1 amide bonds. The number of carbonyl (C=O) groups excluding carboxylic acids is 2. The number of nitrogens with one attached hydrogen (secondary N) is 1. The molecule has 0 unspecified atom stereocenters. The molecule has 0 saturated heterocycles. The number of benzene rings is 1. The van der Waals surface area contributed by atoms with Crippen LogP contribution in [0.25, 0.3) is 0 Å². The van der Waals surface area contributed by atoms with Crippen molar-refractivity contribution in [1.29, 1.82) is 0 Å². The lowest BCUT2D eigenvalue weighted by molar-refractivity contribution is 0.0635. The molecule has 5 nitrogen and oxygen atoms in total. The van der Waals surface area contributed by atoms with Crippen LogP contribution in [0, 0.1) is 0 Å². The standard InChI is InChI=1S/C14H19NO4/c1-9(16)11-8-10(6-7-12(11)18-5)15-13(17)19-14(2,3)4/h6-8H,1-5H3,(H,15,17). The highest BCUT2D eigenvalue weighted by molar-refractivity contribution is 5.98. The minimum atomic E-state index is -0.569. The van der Waals surface area contributed by atoms with Gasteiger partial charge in [-0.3, -0.25) is 10.1 Å². The molecule has 5 heteroatoms. The van der Waals surface area contributed by atoms with Gasteiger partial charge in [-0.2, -0.15) is 0 Å². The Bertz CT molecular complexity index is 489. The molecule has 0 heterocycles. The first-order chi connectivity index (χ1) is 8.73. The van der Waals surface area contributed by atoms with Crippen molar-refractivity contribution in [2.24, 2.45) is 0 Å². The molecule has 0 saturated carbocycles. The summed E-state index contributed by atoms with van der Waals surface area (Å²) in [5, 5.41) is 2.58. The summed E-state index contributed by atoms with van der Waals surface area (Å²) in [5.74, 6) is 0.340. The van der Waals surface area contributed by atoms with Gasteiger partial charge in [0.15, 0.2) is 5.78 Å². The fourth-order valence-corrected chi connectivity index (χ4v) is 1.48. The van der Waals surface area contributed by atoms with Crippen molar-refractivity contribution in [3.8, 4) is 5.75 Å². The zero-order valence-electron chi connectivity index (χ0n) is 11.9. The fourth-order valence-electron chi connectivity index (χ4n) is 1.48. The van der Waals surface area contributed by atoms with Crippen LogP contribution in [0.3, 0.4) is 0 Å². The maximum Gasteiger partial charge on any atom is 0.412 e. The van der Waals surface area contributed by atoms with Crippen molar-refractivity contribution < 1.29 is 19.1 Å². The number of ketones is 1. The van der Waals surface area contributed by atoms with Crippen LogP contribution in [0.2, 0.25) is 0 Å². The minimum Gasteiger partial charge on any atom is -0.496 e. The van der Waals surface area contributed by atoms with Crippen LogP contribution < -0.4 is 10.1 Å². The molecule has 0 aliphatic carbocycles. The van der Waals surface area contributed by atoms with Crippen molar-refractivity contribution in [2.45, 2.75) is 33.3 Å². The number of anilines is 1. The molecule has 0 aliphatic rings. The number of carbonyl (C=O) groups is 2. The average molecular weight is 265 g/mol. The van der Waals surface area contributed by atoms with Crippen LogP contribution in [-0.4, -0.2) is 24.6 Å². The number of hydrogen-bond donors (Lipinski definition) is 1. The summed E-state index contributed by atoms with van der Waals surface area (Å²) in [5.41, 5.74) is 0.330. The first-order valence-electron chi connectivity index (χ1n) is 5.92. The van der Waals surface area contributed by atoms with Crippen molar-refractivity contribution in [1.82, 2.24) is 0 Å². The Hall–Kier alpha value is -2.04. The molecule has 1 aromatic carbocycles. The maximum atomic E-state index is 11.6. The van der Waals surface area contributed by atoms with Crippen LogP contribution in [0.4, 0.5) is 10.5 Å². The van der Waals surface area contributed by atoms with Crippen molar-refractivity contribution in [3.63, 3.8) is 0 Å². The van der Waals surface area contributed by atoms with Gasteiger partial charge in [-0.1, -0.05) is 0 Å². The Kier molecular flexibility index (Phi) is 4.53. The summed E-state index contributed by atoms with van der Waals surface area (Å²) >= 11 is 0. The van der Waals surface area contributed by atoms with Crippen LogP contribution in [0.1, 0.15) is 38.1 Å². The van der Waals surface area contributed by atoms with Gasteiger partial charge in [0.1, 0.15) is 11.4 Å². The summed E-state index contributed by atoms with van der Waals surface area (Å²) in [7, 11) is 1.49. The first kappa shape index (κ1) is 15.0. The van der Waals surface area contributed by atoms with Gasteiger partial charge in [0, 0.05) is 5.69 Å². The molecule has 1 N–H and O–H groups in total. The molecule has 0 fully saturated rings. The second-order valence-corrected chi connectivity index (χ2v) is 5.10.